The topological polar surface area (TPSA) is 127 Å². The number of hydrogen-bond acceptors (Lipinski definition) is 6. The van der Waals surface area contributed by atoms with Crippen LogP contribution in [0, 0.1) is 13.8 Å². The highest BCUT2D eigenvalue weighted by Crippen LogP contribution is 2.44. The van der Waals surface area contributed by atoms with Gasteiger partial charge in [-0.25, -0.2) is 9.80 Å². The molecule has 2 heterocycles. The van der Waals surface area contributed by atoms with Crippen LogP contribution in [0.2, 0.25) is 0 Å². The average molecular weight is 899 g/mol. The second kappa shape index (κ2) is 16.2. The van der Waals surface area contributed by atoms with Crippen molar-refractivity contribution in [2.24, 2.45) is 0 Å². The van der Waals surface area contributed by atoms with Gasteiger partial charge in [0.1, 0.15) is 0 Å². The molecule has 0 saturated carbocycles. The summed E-state index contributed by atoms with van der Waals surface area (Å²) >= 11 is 0. The number of anilines is 4. The van der Waals surface area contributed by atoms with Gasteiger partial charge in [0, 0.05) is 11.4 Å². The first-order valence-electron chi connectivity index (χ1n) is 24.0. The highest BCUT2D eigenvalue weighted by Gasteiger charge is 2.41. The number of nitrogens with zero attached hydrogens (tertiary/aromatic N) is 2. The lowest BCUT2D eigenvalue weighted by molar-refractivity contribution is 0.0909. The first-order valence-corrected chi connectivity index (χ1v) is 24.0. The fourth-order valence-electron chi connectivity index (χ4n) is 10.8. The third-order valence-corrected chi connectivity index (χ3v) is 14.5. The summed E-state index contributed by atoms with van der Waals surface area (Å²) in [6.07, 6.45) is 1.65. The number of aryl methyl sites for hydroxylation is 4. The minimum absolute atomic E-state index is 0.0529. The van der Waals surface area contributed by atoms with Crippen LogP contribution in [0.3, 0.4) is 0 Å². The van der Waals surface area contributed by atoms with E-state index < -0.39 is 0 Å². The molecule has 10 rings (SSSR count). The molecule has 8 aromatic carbocycles. The summed E-state index contributed by atoms with van der Waals surface area (Å²) in [4.78, 5) is 59.8. The van der Waals surface area contributed by atoms with Gasteiger partial charge < -0.3 is 11.5 Å². The lowest BCUT2D eigenvalue weighted by Crippen LogP contribution is -2.32. The van der Waals surface area contributed by atoms with E-state index in [1.807, 2.05) is 48.5 Å². The zero-order valence-electron chi connectivity index (χ0n) is 40.6. The molecule has 0 aromatic heterocycles. The van der Waals surface area contributed by atoms with Crippen molar-refractivity contribution < 1.29 is 19.2 Å². The standard InChI is InChI=1S/C60H58N4O4/c1-29(2)47-25-45(61)26-48(30(3)4)55(47)63-57(65)51-21-41-17-37-13-33(9)35(15-39(37)19-43(41)23-53(51)59(63)67)11-12-36-16-40-20-44-24-54-52(22-42(44)18-38(40)14-34(36)10)58(66)64(60(54)68)56-49(31(5)6)27-46(62)28-50(56)32(7)8/h13-32H,11-12,61-62H2,1-10H3. The van der Waals surface area contributed by atoms with Crippen LogP contribution in [-0.4, -0.2) is 23.6 Å². The fourth-order valence-corrected chi connectivity index (χ4v) is 10.8. The van der Waals surface area contributed by atoms with Gasteiger partial charge in [-0.15, -0.1) is 0 Å². The molecule has 2 aliphatic rings. The highest BCUT2D eigenvalue weighted by atomic mass is 16.2. The van der Waals surface area contributed by atoms with Crippen molar-refractivity contribution in [2.45, 2.75) is 106 Å². The van der Waals surface area contributed by atoms with E-state index in [1.165, 1.54) is 32.1 Å². The summed E-state index contributed by atoms with van der Waals surface area (Å²) in [6.45, 7) is 20.8. The third kappa shape index (κ3) is 7.11. The van der Waals surface area contributed by atoms with Crippen LogP contribution in [0.1, 0.15) is 165 Å². The molecule has 8 nitrogen and oxygen atoms in total. The maximum Gasteiger partial charge on any atom is 0.266 e. The third-order valence-electron chi connectivity index (χ3n) is 14.5. The van der Waals surface area contributed by atoms with Gasteiger partial charge in [0.25, 0.3) is 23.6 Å². The molecule has 0 radical (unpaired) electrons. The van der Waals surface area contributed by atoms with Crippen LogP contribution in [0.4, 0.5) is 22.7 Å². The lowest BCUT2D eigenvalue weighted by Gasteiger charge is -2.26. The highest BCUT2D eigenvalue weighted by molar-refractivity contribution is 6.37. The Morgan fingerprint density at radius 1 is 0.353 bits per heavy atom. The number of amides is 4. The Hall–Kier alpha value is -7.32. The van der Waals surface area contributed by atoms with Gasteiger partial charge in [-0.2, -0.15) is 0 Å². The van der Waals surface area contributed by atoms with Gasteiger partial charge in [0.2, 0.25) is 0 Å². The Kier molecular flexibility index (Phi) is 10.6. The minimum Gasteiger partial charge on any atom is -0.399 e. The molecule has 342 valence electrons. The maximum atomic E-state index is 14.3. The zero-order chi connectivity index (χ0) is 48.4. The molecule has 0 aliphatic carbocycles. The Bertz CT molecular complexity index is 3270. The number of fused-ring (bicyclic) bond motifs is 6. The molecule has 4 amide bonds. The van der Waals surface area contributed by atoms with Crippen molar-refractivity contribution in [3.8, 4) is 0 Å². The Morgan fingerprint density at radius 3 is 0.838 bits per heavy atom. The largest absolute Gasteiger partial charge is 0.399 e. The first kappa shape index (κ1) is 44.5. The van der Waals surface area contributed by atoms with E-state index in [0.717, 1.165) is 78.2 Å². The zero-order valence-corrected chi connectivity index (χ0v) is 40.6. The molecule has 8 heteroatoms. The number of nitrogens with two attached hydrogens (primary N) is 2. The quantitative estimate of drug-likeness (QED) is 0.0844. The molecule has 0 fully saturated rings. The number of nitrogen functional groups attached to an aromatic ring is 2. The Balaban J connectivity index is 0.948. The summed E-state index contributed by atoms with van der Waals surface area (Å²) in [5.74, 6) is -1.01. The summed E-state index contributed by atoms with van der Waals surface area (Å²) in [6, 6.07) is 32.6. The number of benzene rings is 8. The van der Waals surface area contributed by atoms with E-state index >= 15 is 0 Å². The predicted octanol–water partition coefficient (Wildman–Crippen LogP) is 14.0. The van der Waals surface area contributed by atoms with E-state index in [4.69, 9.17) is 11.5 Å². The number of hydrogen-bond donors (Lipinski definition) is 2. The van der Waals surface area contributed by atoms with Crippen molar-refractivity contribution in [1.29, 1.82) is 0 Å². The molecular weight excluding hydrogens is 841 g/mol. The molecule has 4 N–H and O–H groups in total. The summed E-state index contributed by atoms with van der Waals surface area (Å²) in [7, 11) is 0. The second-order valence-corrected chi connectivity index (χ2v) is 20.6. The van der Waals surface area contributed by atoms with Crippen LogP contribution >= 0.6 is 0 Å². The van der Waals surface area contributed by atoms with Crippen LogP contribution in [0.15, 0.2) is 97.1 Å². The van der Waals surface area contributed by atoms with Crippen molar-refractivity contribution in [3.05, 3.63) is 164 Å². The van der Waals surface area contributed by atoms with E-state index in [0.29, 0.717) is 45.0 Å². The molecule has 0 unspecified atom stereocenters. The van der Waals surface area contributed by atoms with Crippen molar-refractivity contribution >= 4 is 89.5 Å². The Morgan fingerprint density at radius 2 is 0.588 bits per heavy atom. The number of carbonyl (C=O) groups excluding carboxylic acids is 4. The molecule has 68 heavy (non-hydrogen) atoms. The molecule has 0 saturated heterocycles. The smallest absolute Gasteiger partial charge is 0.266 e. The van der Waals surface area contributed by atoms with Crippen molar-refractivity contribution in [3.63, 3.8) is 0 Å². The summed E-state index contributed by atoms with van der Waals surface area (Å²) < 4.78 is 0. The van der Waals surface area contributed by atoms with Gasteiger partial charge in [-0.1, -0.05) is 79.7 Å². The van der Waals surface area contributed by atoms with Gasteiger partial charge >= 0.3 is 0 Å². The monoisotopic (exact) mass is 898 g/mol. The first-order chi connectivity index (χ1) is 32.3. The van der Waals surface area contributed by atoms with E-state index in [1.54, 1.807) is 0 Å². The average Bonchev–Trinajstić information content (AvgIpc) is 3.66. The van der Waals surface area contributed by atoms with Gasteiger partial charge in [0.05, 0.1) is 33.6 Å². The van der Waals surface area contributed by atoms with Crippen LogP contribution in [0.25, 0.3) is 43.1 Å². The Labute approximate surface area is 397 Å². The lowest BCUT2D eigenvalue weighted by atomic mass is 9.91. The van der Waals surface area contributed by atoms with Gasteiger partial charge in [0.15, 0.2) is 0 Å². The number of carbonyl (C=O) groups is 4. The molecule has 0 bridgehead atoms. The normalized spacial score (nSPS) is 14.0. The molecule has 8 aromatic rings. The van der Waals surface area contributed by atoms with Crippen LogP contribution in [-0.2, 0) is 12.8 Å². The number of rotatable bonds is 9. The molecule has 0 atom stereocenters. The SMILES string of the molecule is Cc1cc2cc3cc4c(cc3cc2cc1CCc1cc2cc3cc5c(cc3cc2cc1C)C(=O)N(c1c(C(C)C)cc(N)cc1C(C)C)C5=O)C(=O)N(c1c(C(C)C)cc(N)cc1C(C)C)C4=O. The number of imide groups is 2. The predicted molar refractivity (Wildman–Crippen MR) is 280 cm³/mol. The molecular formula is C60H58N4O4. The van der Waals surface area contributed by atoms with E-state index in [9.17, 15) is 19.2 Å². The van der Waals surface area contributed by atoms with Crippen LogP contribution in [0.5, 0.6) is 0 Å². The second-order valence-electron chi connectivity index (χ2n) is 20.6. The summed E-state index contributed by atoms with van der Waals surface area (Å²) in [5, 5.41) is 7.95. The summed E-state index contributed by atoms with van der Waals surface area (Å²) in [5.41, 5.74) is 25.3. The van der Waals surface area contributed by atoms with E-state index in [-0.39, 0.29) is 47.3 Å². The molecule has 0 spiro atoms. The van der Waals surface area contributed by atoms with E-state index in [2.05, 4.69) is 118 Å². The fraction of sp³-hybridized carbons (Fsp3) is 0.267. The van der Waals surface area contributed by atoms with Crippen molar-refractivity contribution in [2.75, 3.05) is 21.3 Å². The molecule has 2 aliphatic heterocycles. The maximum absolute atomic E-state index is 14.3. The van der Waals surface area contributed by atoms with Crippen LogP contribution < -0.4 is 21.3 Å². The minimum atomic E-state index is -0.308. The van der Waals surface area contributed by atoms with Gasteiger partial charge in [-0.3, -0.25) is 19.2 Å². The van der Waals surface area contributed by atoms with Crippen molar-refractivity contribution in [1.82, 2.24) is 0 Å². The van der Waals surface area contributed by atoms with Gasteiger partial charge in [-0.05, 0) is 211 Å².